The van der Waals surface area contributed by atoms with Gasteiger partial charge in [-0.15, -0.1) is 0 Å². The quantitative estimate of drug-likeness (QED) is 0.560. The molecule has 0 radical (unpaired) electrons. The molecule has 1 amide bonds. The highest BCUT2D eigenvalue weighted by molar-refractivity contribution is 5.85. The van der Waals surface area contributed by atoms with Crippen molar-refractivity contribution in [2.75, 3.05) is 13.2 Å². The van der Waals surface area contributed by atoms with Crippen molar-refractivity contribution in [1.82, 2.24) is 4.90 Å². The number of benzene rings is 2. The van der Waals surface area contributed by atoms with Gasteiger partial charge in [0.15, 0.2) is 0 Å². The number of hydrogen-bond donors (Lipinski definition) is 0. The number of amides is 1. The second-order valence-corrected chi connectivity index (χ2v) is 8.50. The van der Waals surface area contributed by atoms with Crippen molar-refractivity contribution in [2.24, 2.45) is 11.8 Å². The first kappa shape index (κ1) is 22.1. The van der Waals surface area contributed by atoms with Crippen LogP contribution in [-0.4, -0.2) is 36.2 Å². The molecular formula is C27H31NO4. The summed E-state index contributed by atoms with van der Waals surface area (Å²) in [6, 6.07) is 17.6. The van der Waals surface area contributed by atoms with Crippen LogP contribution in [0, 0.1) is 11.8 Å². The topological polar surface area (TPSA) is 55.8 Å². The third-order valence-corrected chi connectivity index (χ3v) is 6.45. The number of rotatable bonds is 7. The number of carbonyl (C=O) groups excluding carboxylic acids is 2. The van der Waals surface area contributed by atoms with Crippen LogP contribution in [-0.2, 0) is 27.3 Å². The molecule has 1 saturated heterocycles. The van der Waals surface area contributed by atoms with Crippen molar-refractivity contribution in [3.8, 4) is 0 Å². The molecule has 1 aliphatic heterocycles. The number of fused-ring (bicyclic) bond motifs is 1. The Kier molecular flexibility index (Phi) is 6.93. The van der Waals surface area contributed by atoms with E-state index in [-0.39, 0.29) is 24.4 Å². The van der Waals surface area contributed by atoms with E-state index >= 15 is 0 Å². The van der Waals surface area contributed by atoms with Crippen LogP contribution in [0.25, 0.3) is 5.57 Å². The number of ether oxygens (including phenoxy) is 2. The molecule has 32 heavy (non-hydrogen) atoms. The zero-order chi connectivity index (χ0) is 22.5. The Morgan fingerprint density at radius 3 is 2.41 bits per heavy atom. The Labute approximate surface area is 190 Å². The predicted molar refractivity (Wildman–Crippen MR) is 124 cm³/mol. The van der Waals surface area contributed by atoms with Crippen molar-refractivity contribution < 1.29 is 19.1 Å². The van der Waals surface area contributed by atoms with Crippen molar-refractivity contribution >= 4 is 17.6 Å². The Morgan fingerprint density at radius 2 is 1.72 bits per heavy atom. The van der Waals surface area contributed by atoms with E-state index in [0.717, 1.165) is 24.8 Å². The predicted octanol–water partition coefficient (Wildman–Crippen LogP) is 5.24. The van der Waals surface area contributed by atoms with E-state index in [1.54, 1.807) is 11.8 Å². The van der Waals surface area contributed by atoms with Gasteiger partial charge in [-0.3, -0.25) is 4.90 Å². The molecule has 3 atom stereocenters. The van der Waals surface area contributed by atoms with Crippen molar-refractivity contribution in [1.29, 1.82) is 0 Å². The average Bonchev–Trinajstić information content (AvgIpc) is 3.38. The van der Waals surface area contributed by atoms with Crippen LogP contribution in [0.5, 0.6) is 0 Å². The smallest absolute Gasteiger partial charge is 0.410 e. The van der Waals surface area contributed by atoms with Gasteiger partial charge in [-0.05, 0) is 42.0 Å². The zero-order valence-electron chi connectivity index (χ0n) is 18.8. The van der Waals surface area contributed by atoms with Crippen LogP contribution in [0.4, 0.5) is 4.79 Å². The average molecular weight is 434 g/mol. The molecule has 5 heteroatoms. The molecule has 2 aliphatic rings. The molecular weight excluding hydrogens is 402 g/mol. The molecule has 0 N–H and O–H groups in total. The van der Waals surface area contributed by atoms with Gasteiger partial charge in [0.1, 0.15) is 12.6 Å². The number of allylic oxidation sites excluding steroid dienone is 1. The minimum atomic E-state index is -0.615. The molecule has 0 saturated carbocycles. The molecule has 0 unspecified atom stereocenters. The number of likely N-dealkylation sites (tertiary alicyclic amines) is 1. The van der Waals surface area contributed by atoms with Gasteiger partial charge in [0, 0.05) is 18.4 Å². The van der Waals surface area contributed by atoms with Gasteiger partial charge in [-0.2, -0.15) is 0 Å². The number of hydrogen-bond acceptors (Lipinski definition) is 4. The van der Waals surface area contributed by atoms with Crippen LogP contribution < -0.4 is 0 Å². The molecule has 0 bridgehead atoms. The summed E-state index contributed by atoms with van der Waals surface area (Å²) in [5, 5.41) is 0. The van der Waals surface area contributed by atoms with Crippen LogP contribution in [0.1, 0.15) is 43.4 Å². The zero-order valence-corrected chi connectivity index (χ0v) is 18.8. The van der Waals surface area contributed by atoms with E-state index < -0.39 is 12.1 Å². The molecule has 0 spiro atoms. The van der Waals surface area contributed by atoms with E-state index in [1.807, 2.05) is 30.3 Å². The van der Waals surface area contributed by atoms with Crippen LogP contribution in [0.2, 0.25) is 0 Å². The van der Waals surface area contributed by atoms with Gasteiger partial charge in [0.25, 0.3) is 0 Å². The fourth-order valence-electron chi connectivity index (χ4n) is 4.95. The summed E-state index contributed by atoms with van der Waals surface area (Å²) in [5.74, 6) is -0.223. The van der Waals surface area contributed by atoms with E-state index in [1.165, 1.54) is 16.7 Å². The lowest BCUT2D eigenvalue weighted by molar-refractivity contribution is -0.149. The standard InChI is InChI=1S/C27H31NO4/c1-3-8-19-11-13-21(14-12-19)22-15-16-23-24(22)17-28(25(23)26(29)31-4-2)27(30)32-18-20-9-6-5-7-10-20/h5-7,9-15,23-25H,3-4,8,16-18H2,1-2H3/t23-,24+,25-/m0/s1. The van der Waals surface area contributed by atoms with Gasteiger partial charge >= 0.3 is 12.1 Å². The number of nitrogens with zero attached hydrogens (tertiary/aromatic N) is 1. The van der Waals surface area contributed by atoms with Gasteiger partial charge in [-0.1, -0.05) is 74.0 Å². The Morgan fingerprint density at radius 1 is 0.969 bits per heavy atom. The van der Waals surface area contributed by atoms with Gasteiger partial charge in [0.2, 0.25) is 0 Å². The maximum atomic E-state index is 13.0. The first-order chi connectivity index (χ1) is 15.6. The lowest BCUT2D eigenvalue weighted by Crippen LogP contribution is -2.44. The lowest BCUT2D eigenvalue weighted by atomic mass is 9.87. The highest BCUT2D eigenvalue weighted by Gasteiger charge is 2.52. The molecule has 168 valence electrons. The second-order valence-electron chi connectivity index (χ2n) is 8.50. The fourth-order valence-corrected chi connectivity index (χ4v) is 4.95. The van der Waals surface area contributed by atoms with Crippen molar-refractivity contribution in [2.45, 2.75) is 45.8 Å². The number of aryl methyl sites for hydroxylation is 1. The Balaban J connectivity index is 1.51. The van der Waals surface area contributed by atoms with Gasteiger partial charge in [-0.25, -0.2) is 9.59 Å². The van der Waals surface area contributed by atoms with E-state index in [2.05, 4.69) is 37.3 Å². The van der Waals surface area contributed by atoms with E-state index in [4.69, 9.17) is 9.47 Å². The van der Waals surface area contributed by atoms with Crippen LogP contribution in [0.15, 0.2) is 60.7 Å². The van der Waals surface area contributed by atoms with Crippen LogP contribution >= 0.6 is 0 Å². The third kappa shape index (κ3) is 4.57. The summed E-state index contributed by atoms with van der Waals surface area (Å²) in [6.45, 7) is 4.90. The highest BCUT2D eigenvalue weighted by atomic mass is 16.6. The highest BCUT2D eigenvalue weighted by Crippen LogP contribution is 2.46. The third-order valence-electron chi connectivity index (χ3n) is 6.45. The molecule has 5 nitrogen and oxygen atoms in total. The van der Waals surface area contributed by atoms with E-state index in [9.17, 15) is 9.59 Å². The summed E-state index contributed by atoms with van der Waals surface area (Å²) in [7, 11) is 0. The number of esters is 1. The fraction of sp³-hybridized carbons (Fsp3) is 0.407. The maximum absolute atomic E-state index is 13.0. The van der Waals surface area contributed by atoms with Crippen molar-refractivity contribution in [3.63, 3.8) is 0 Å². The van der Waals surface area contributed by atoms with Crippen molar-refractivity contribution in [3.05, 3.63) is 77.4 Å². The first-order valence-electron chi connectivity index (χ1n) is 11.6. The normalized spacial score (nSPS) is 21.8. The minimum absolute atomic E-state index is 0.0173. The largest absolute Gasteiger partial charge is 0.464 e. The molecule has 1 aliphatic carbocycles. The van der Waals surface area contributed by atoms with Crippen LogP contribution in [0.3, 0.4) is 0 Å². The van der Waals surface area contributed by atoms with Gasteiger partial charge < -0.3 is 9.47 Å². The van der Waals surface area contributed by atoms with E-state index in [0.29, 0.717) is 13.2 Å². The monoisotopic (exact) mass is 433 g/mol. The summed E-state index contributed by atoms with van der Waals surface area (Å²) in [6.07, 6.45) is 4.70. The minimum Gasteiger partial charge on any atom is -0.464 e. The summed E-state index contributed by atoms with van der Waals surface area (Å²) in [5.41, 5.74) is 4.62. The molecule has 4 rings (SSSR count). The number of carbonyl (C=O) groups is 2. The summed E-state index contributed by atoms with van der Waals surface area (Å²) < 4.78 is 10.9. The summed E-state index contributed by atoms with van der Waals surface area (Å²) in [4.78, 5) is 27.4. The Bertz CT molecular complexity index is 967. The molecule has 1 heterocycles. The molecule has 1 fully saturated rings. The SMILES string of the molecule is CCCc1ccc(C2=CC[C@H]3[C@@H]2CN(C(=O)OCc2ccccc2)[C@@H]3C(=O)OCC)cc1. The van der Waals surface area contributed by atoms with Gasteiger partial charge in [0.05, 0.1) is 6.61 Å². The molecule has 2 aromatic rings. The lowest BCUT2D eigenvalue weighted by Gasteiger charge is -2.25. The molecule has 2 aromatic carbocycles. The maximum Gasteiger partial charge on any atom is 0.410 e. The summed E-state index contributed by atoms with van der Waals surface area (Å²) >= 11 is 0. The second kappa shape index (κ2) is 10.0. The Hall–Kier alpha value is -3.08. The first-order valence-corrected chi connectivity index (χ1v) is 11.6. The molecule has 0 aromatic heterocycles.